The molecule has 3 aromatic rings. The van der Waals surface area contributed by atoms with Crippen LogP contribution in [0.25, 0.3) is 0 Å². The van der Waals surface area contributed by atoms with Gasteiger partial charge in [0.05, 0.1) is 30.2 Å². The molecule has 0 spiro atoms. The monoisotopic (exact) mass is 358 g/mol. The normalized spacial score (nSPS) is 15.8. The lowest BCUT2D eigenvalue weighted by Gasteiger charge is -2.26. The molecule has 3 N–H and O–H groups in total. The number of aliphatic hydroxyl groups is 1. The van der Waals surface area contributed by atoms with Crippen molar-refractivity contribution in [3.05, 3.63) is 47.1 Å². The van der Waals surface area contributed by atoms with E-state index in [2.05, 4.69) is 25.2 Å². The second-order valence-corrected chi connectivity index (χ2v) is 6.16. The molecule has 4 rings (SSSR count). The molecule has 3 aromatic heterocycles. The maximum atomic E-state index is 11.0. The number of amides is 1. The number of nitrogens with zero attached hydrogens (tertiary/aromatic N) is 7. The van der Waals surface area contributed by atoms with Crippen LogP contribution in [-0.4, -0.2) is 52.2 Å². The standard InChI is InChI=1S/C15H18N8O3/c1-21-11(2-3-17-21)13(24)10-6-9-7-22(4-5-23(9)19-10)8-12-18-15(14(16)25)26-20-12/h2-3,6,13,24H,4-5,7-8H2,1H3,(H2,16,25)/t13-/m0/s1. The Hall–Kier alpha value is -3.05. The third kappa shape index (κ3) is 2.97. The fourth-order valence-corrected chi connectivity index (χ4v) is 3.03. The number of rotatable bonds is 5. The highest BCUT2D eigenvalue weighted by Gasteiger charge is 2.24. The lowest BCUT2D eigenvalue weighted by Crippen LogP contribution is -2.33. The summed E-state index contributed by atoms with van der Waals surface area (Å²) in [6, 6.07) is 3.65. The molecule has 0 saturated carbocycles. The van der Waals surface area contributed by atoms with E-state index in [1.54, 1.807) is 24.0 Å². The summed E-state index contributed by atoms with van der Waals surface area (Å²) in [6.45, 7) is 2.46. The Kier molecular flexibility index (Phi) is 4.01. The van der Waals surface area contributed by atoms with Crippen molar-refractivity contribution < 1.29 is 14.4 Å². The number of hydrogen-bond acceptors (Lipinski definition) is 8. The van der Waals surface area contributed by atoms with Crippen molar-refractivity contribution in [2.75, 3.05) is 6.54 Å². The molecular weight excluding hydrogens is 340 g/mol. The molecule has 1 aliphatic heterocycles. The SMILES string of the molecule is Cn1nccc1[C@@H](O)c1cc2n(n1)CCN(Cc1noc(C(N)=O)n1)C2. The number of nitrogens with two attached hydrogens (primary N) is 1. The van der Waals surface area contributed by atoms with Crippen molar-refractivity contribution >= 4 is 5.91 Å². The summed E-state index contributed by atoms with van der Waals surface area (Å²) in [6.07, 6.45) is 0.811. The molecule has 11 heteroatoms. The number of aliphatic hydroxyl groups excluding tert-OH is 1. The lowest BCUT2D eigenvalue weighted by atomic mass is 10.1. The molecule has 26 heavy (non-hydrogen) atoms. The predicted octanol–water partition coefficient (Wildman–Crippen LogP) is -0.804. The maximum Gasteiger partial charge on any atom is 0.315 e. The molecule has 136 valence electrons. The summed E-state index contributed by atoms with van der Waals surface area (Å²) < 4.78 is 8.32. The molecule has 0 radical (unpaired) electrons. The van der Waals surface area contributed by atoms with E-state index in [4.69, 9.17) is 10.3 Å². The van der Waals surface area contributed by atoms with E-state index in [0.29, 0.717) is 36.8 Å². The molecule has 0 saturated heterocycles. The quantitative estimate of drug-likeness (QED) is 0.603. The third-order valence-electron chi connectivity index (χ3n) is 4.36. The fourth-order valence-electron chi connectivity index (χ4n) is 3.03. The average Bonchev–Trinajstić information content (AvgIpc) is 3.33. The number of carbonyl (C=O) groups is 1. The van der Waals surface area contributed by atoms with E-state index < -0.39 is 12.0 Å². The molecule has 11 nitrogen and oxygen atoms in total. The van der Waals surface area contributed by atoms with Crippen LogP contribution in [0.2, 0.25) is 0 Å². The summed E-state index contributed by atoms with van der Waals surface area (Å²) in [5, 5.41) is 22.9. The van der Waals surface area contributed by atoms with Gasteiger partial charge in [-0.05, 0) is 12.1 Å². The zero-order valence-electron chi connectivity index (χ0n) is 14.1. The Bertz CT molecular complexity index is 942. The van der Waals surface area contributed by atoms with Gasteiger partial charge in [-0.2, -0.15) is 15.2 Å². The molecule has 1 amide bonds. The highest BCUT2D eigenvalue weighted by atomic mass is 16.5. The van der Waals surface area contributed by atoms with Crippen LogP contribution in [0, 0.1) is 0 Å². The second-order valence-electron chi connectivity index (χ2n) is 6.16. The molecule has 1 atom stereocenters. The zero-order chi connectivity index (χ0) is 18.3. The van der Waals surface area contributed by atoms with Gasteiger partial charge in [0.2, 0.25) is 0 Å². The van der Waals surface area contributed by atoms with Crippen molar-refractivity contribution in [1.29, 1.82) is 0 Å². The van der Waals surface area contributed by atoms with Gasteiger partial charge in [-0.15, -0.1) is 0 Å². The Morgan fingerprint density at radius 2 is 2.31 bits per heavy atom. The molecule has 0 unspecified atom stereocenters. The molecule has 0 fully saturated rings. The molecular formula is C15H18N8O3. The second kappa shape index (κ2) is 6.35. The largest absolute Gasteiger partial charge is 0.380 e. The van der Waals surface area contributed by atoms with Crippen molar-refractivity contribution in [3.8, 4) is 0 Å². The highest BCUT2D eigenvalue weighted by molar-refractivity contribution is 5.87. The number of primary amides is 1. The van der Waals surface area contributed by atoms with E-state index >= 15 is 0 Å². The summed E-state index contributed by atoms with van der Waals surface area (Å²) in [7, 11) is 1.78. The zero-order valence-corrected chi connectivity index (χ0v) is 14.1. The van der Waals surface area contributed by atoms with Gasteiger partial charge in [0, 0.05) is 26.3 Å². The Morgan fingerprint density at radius 1 is 1.46 bits per heavy atom. The molecule has 4 heterocycles. The van der Waals surface area contributed by atoms with Gasteiger partial charge in [-0.25, -0.2) is 0 Å². The maximum absolute atomic E-state index is 11.0. The first kappa shape index (κ1) is 16.4. The molecule has 0 aliphatic carbocycles. The topological polar surface area (TPSA) is 141 Å². The highest BCUT2D eigenvalue weighted by Crippen LogP contribution is 2.23. The predicted molar refractivity (Wildman–Crippen MR) is 86.4 cm³/mol. The minimum atomic E-state index is -0.829. The van der Waals surface area contributed by atoms with Crippen LogP contribution in [0.4, 0.5) is 0 Å². The number of fused-ring (bicyclic) bond motifs is 1. The van der Waals surface area contributed by atoms with Gasteiger partial charge in [0.1, 0.15) is 6.10 Å². The van der Waals surface area contributed by atoms with Crippen LogP contribution in [0.5, 0.6) is 0 Å². The van der Waals surface area contributed by atoms with Crippen LogP contribution >= 0.6 is 0 Å². The number of aryl methyl sites for hydroxylation is 1. The number of aromatic nitrogens is 6. The van der Waals surface area contributed by atoms with Crippen molar-refractivity contribution in [2.45, 2.75) is 25.7 Å². The first-order valence-corrected chi connectivity index (χ1v) is 8.08. The Morgan fingerprint density at radius 3 is 3.00 bits per heavy atom. The minimum Gasteiger partial charge on any atom is -0.380 e. The first-order valence-electron chi connectivity index (χ1n) is 8.08. The van der Waals surface area contributed by atoms with Crippen LogP contribution < -0.4 is 5.73 Å². The van der Waals surface area contributed by atoms with E-state index in [1.807, 2.05) is 10.7 Å². The summed E-state index contributed by atoms with van der Waals surface area (Å²) in [5.74, 6) is -0.528. The third-order valence-corrected chi connectivity index (χ3v) is 4.36. The van der Waals surface area contributed by atoms with Crippen molar-refractivity contribution in [2.24, 2.45) is 12.8 Å². The Labute approximate surface area is 148 Å². The summed E-state index contributed by atoms with van der Waals surface area (Å²) in [5.41, 5.74) is 7.36. The van der Waals surface area contributed by atoms with Crippen molar-refractivity contribution in [3.63, 3.8) is 0 Å². The summed E-state index contributed by atoms with van der Waals surface area (Å²) >= 11 is 0. The van der Waals surface area contributed by atoms with Gasteiger partial charge >= 0.3 is 11.8 Å². The fraction of sp³-hybridized carbons (Fsp3) is 0.400. The lowest BCUT2D eigenvalue weighted by molar-refractivity contribution is 0.0958. The van der Waals surface area contributed by atoms with Gasteiger partial charge in [-0.3, -0.25) is 19.1 Å². The van der Waals surface area contributed by atoms with E-state index in [0.717, 1.165) is 12.2 Å². The van der Waals surface area contributed by atoms with E-state index in [1.165, 1.54) is 0 Å². The van der Waals surface area contributed by atoms with Gasteiger partial charge in [0.25, 0.3) is 0 Å². The van der Waals surface area contributed by atoms with E-state index in [9.17, 15) is 9.90 Å². The van der Waals surface area contributed by atoms with Gasteiger partial charge < -0.3 is 15.4 Å². The van der Waals surface area contributed by atoms with Crippen LogP contribution in [0.3, 0.4) is 0 Å². The minimum absolute atomic E-state index is 0.191. The Balaban J connectivity index is 1.48. The van der Waals surface area contributed by atoms with Crippen LogP contribution in [0.1, 0.15) is 39.7 Å². The average molecular weight is 358 g/mol. The van der Waals surface area contributed by atoms with Crippen LogP contribution in [0.15, 0.2) is 22.9 Å². The van der Waals surface area contributed by atoms with Gasteiger partial charge in [0.15, 0.2) is 5.82 Å². The van der Waals surface area contributed by atoms with E-state index in [-0.39, 0.29) is 5.89 Å². The molecule has 1 aliphatic rings. The molecule has 0 bridgehead atoms. The van der Waals surface area contributed by atoms with Crippen LogP contribution in [-0.2, 0) is 26.7 Å². The number of carbonyl (C=O) groups excluding carboxylic acids is 1. The van der Waals surface area contributed by atoms with Gasteiger partial charge in [-0.1, -0.05) is 5.16 Å². The molecule has 0 aromatic carbocycles. The summed E-state index contributed by atoms with van der Waals surface area (Å²) in [4.78, 5) is 17.1. The van der Waals surface area contributed by atoms with Crippen molar-refractivity contribution in [1.82, 2.24) is 34.6 Å². The first-order chi connectivity index (χ1) is 12.5. The smallest absolute Gasteiger partial charge is 0.315 e. The number of hydrogen-bond donors (Lipinski definition) is 2.